The summed E-state index contributed by atoms with van der Waals surface area (Å²) in [5.41, 5.74) is 7.74. The van der Waals surface area contributed by atoms with Gasteiger partial charge in [0.2, 0.25) is 35.4 Å². The van der Waals surface area contributed by atoms with E-state index in [2.05, 4.69) is 36.9 Å². The number of nitrogens with zero attached hydrogens (tertiary/aromatic N) is 2. The number of carboxylic acids is 1. The van der Waals surface area contributed by atoms with Crippen molar-refractivity contribution in [3.05, 3.63) is 71.9 Å². The molecule has 0 bridgehead atoms. The van der Waals surface area contributed by atoms with Gasteiger partial charge in [-0.05, 0) is 94.4 Å². The monoisotopic (exact) mass is 958 g/mol. The quantitative estimate of drug-likeness (QED) is 0.0513. The number of aliphatic carboxylic acids is 1. The van der Waals surface area contributed by atoms with Crippen molar-refractivity contribution in [1.29, 1.82) is 5.41 Å². The number of aromatic amines is 1. The average Bonchev–Trinajstić information content (AvgIpc) is 3.92. The lowest BCUT2D eigenvalue weighted by Gasteiger charge is -2.33. The van der Waals surface area contributed by atoms with Crippen LogP contribution in [0.25, 0.3) is 10.9 Å². The maximum absolute atomic E-state index is 14.7. The maximum Gasteiger partial charge on any atom is 0.317 e. The van der Waals surface area contributed by atoms with Crippen LogP contribution in [-0.2, 0) is 46.4 Å². The van der Waals surface area contributed by atoms with Crippen LogP contribution in [0.2, 0.25) is 0 Å². The molecule has 21 nitrogen and oxygen atoms in total. The van der Waals surface area contributed by atoms with Crippen LogP contribution in [0.4, 0.5) is 0 Å². The zero-order chi connectivity index (χ0) is 49.6. The number of hydrogen-bond acceptors (Lipinski definition) is 11. The van der Waals surface area contributed by atoms with Gasteiger partial charge in [0, 0.05) is 49.6 Å². The first-order valence-electron chi connectivity index (χ1n) is 23.8. The molecule has 3 heterocycles. The first-order valence-corrected chi connectivity index (χ1v) is 23.8. The van der Waals surface area contributed by atoms with Crippen molar-refractivity contribution >= 4 is 58.3 Å². The van der Waals surface area contributed by atoms with Crippen molar-refractivity contribution in [3.63, 3.8) is 0 Å². The molecule has 0 radical (unpaired) electrons. The lowest BCUT2D eigenvalue weighted by atomic mass is 9.83. The Labute approximate surface area is 400 Å². The van der Waals surface area contributed by atoms with Crippen LogP contribution in [0.15, 0.2) is 60.8 Å². The highest BCUT2D eigenvalue weighted by molar-refractivity contribution is 5.97. The van der Waals surface area contributed by atoms with Crippen molar-refractivity contribution in [2.24, 2.45) is 11.7 Å². The number of aromatic nitrogens is 1. The number of H-pyrrole nitrogens is 1. The van der Waals surface area contributed by atoms with E-state index in [1.54, 1.807) is 36.5 Å². The van der Waals surface area contributed by atoms with Crippen molar-refractivity contribution in [3.8, 4) is 0 Å². The molecule has 2 aliphatic heterocycles. The van der Waals surface area contributed by atoms with E-state index >= 15 is 0 Å². The Bertz CT molecular complexity index is 2290. The molecule has 69 heavy (non-hydrogen) atoms. The van der Waals surface area contributed by atoms with Crippen molar-refractivity contribution in [2.75, 3.05) is 33.2 Å². The summed E-state index contributed by atoms with van der Waals surface area (Å²) >= 11 is 0. The van der Waals surface area contributed by atoms with Crippen molar-refractivity contribution < 1.29 is 48.9 Å². The molecule has 0 spiro atoms. The molecule has 374 valence electrons. The molecule has 21 heteroatoms. The molecule has 1 saturated carbocycles. The molecule has 3 aromatic rings. The van der Waals surface area contributed by atoms with Gasteiger partial charge in [-0.2, -0.15) is 0 Å². The smallest absolute Gasteiger partial charge is 0.317 e. The van der Waals surface area contributed by atoms with Crippen molar-refractivity contribution in [1.82, 2.24) is 46.7 Å². The number of benzene rings is 2. The Kier molecular flexibility index (Phi) is 18.5. The van der Waals surface area contributed by atoms with E-state index in [1.807, 2.05) is 24.3 Å². The summed E-state index contributed by atoms with van der Waals surface area (Å²) in [7, 11) is 1.48. The standard InChI is InChI=1S/C48H67N11O10/c1-58(27-41(62)63)39(22-28-9-3-2-4-10-28)45(67)55-36-14-8-19-51-42(64)35(13-7-20-52-48(49)50)54-44(66)38(23-30-25-53-34-12-6-5-11-33(30)34)56-43(65)37(21-29-15-17-31(60)18-16-29)57-46(68)40-24-32(61)26-59(40)47(36)69/h2-6,9-12,25,29,31-32,35-40,53,60-61H,7-8,13-24,26-27H2,1H3,(H,51,64)(H,54,66)(H,55,67)(H,56,65)(H,57,68)(H,62,63)(H4,49,50,52)/t29-,31+,32-,35+,36+,37-,38+,39+,40+/m1/s1. The molecule has 1 aliphatic carbocycles. The first kappa shape index (κ1) is 51.8. The molecule has 0 unspecified atom stereocenters. The predicted octanol–water partition coefficient (Wildman–Crippen LogP) is -0.646. The number of hydrogen-bond donors (Lipinski definition) is 12. The molecule has 3 aliphatic rings. The van der Waals surface area contributed by atoms with E-state index in [0.717, 1.165) is 16.5 Å². The number of carbonyl (C=O) groups is 7. The summed E-state index contributed by atoms with van der Waals surface area (Å²) in [5.74, 6) is -5.57. The van der Waals surface area contributed by atoms with Crippen LogP contribution in [0.5, 0.6) is 0 Å². The molecular weight excluding hydrogens is 891 g/mol. The molecule has 6 amide bonds. The summed E-state index contributed by atoms with van der Waals surface area (Å²) < 4.78 is 0. The number of aliphatic hydroxyl groups is 2. The number of amides is 6. The third-order valence-corrected chi connectivity index (χ3v) is 13.3. The fourth-order valence-corrected chi connectivity index (χ4v) is 9.57. The zero-order valence-corrected chi connectivity index (χ0v) is 39.0. The van der Waals surface area contributed by atoms with Gasteiger partial charge in [-0.3, -0.25) is 43.9 Å². The maximum atomic E-state index is 14.7. The van der Waals surface area contributed by atoms with Gasteiger partial charge in [0.25, 0.3) is 0 Å². The third kappa shape index (κ3) is 14.7. The van der Waals surface area contributed by atoms with Crippen LogP contribution >= 0.6 is 0 Å². The van der Waals surface area contributed by atoms with Gasteiger partial charge < -0.3 is 62.8 Å². The average molecular weight is 958 g/mol. The minimum atomic E-state index is -1.31. The Morgan fingerprint density at radius 2 is 1.55 bits per heavy atom. The first-order chi connectivity index (χ1) is 33.1. The molecule has 2 aromatic carbocycles. The van der Waals surface area contributed by atoms with E-state index in [9.17, 15) is 48.9 Å². The number of para-hydroxylation sites is 1. The number of carbonyl (C=O) groups excluding carboxylic acids is 6. The lowest BCUT2D eigenvalue weighted by molar-refractivity contribution is -0.144. The van der Waals surface area contributed by atoms with Gasteiger partial charge in [0.15, 0.2) is 5.96 Å². The van der Waals surface area contributed by atoms with Gasteiger partial charge in [-0.1, -0.05) is 48.5 Å². The normalized spacial score (nSPS) is 25.9. The molecule has 1 aromatic heterocycles. The second kappa shape index (κ2) is 24.6. The summed E-state index contributed by atoms with van der Waals surface area (Å²) in [4.78, 5) is 104. The Morgan fingerprint density at radius 1 is 0.870 bits per heavy atom. The van der Waals surface area contributed by atoms with Crippen LogP contribution in [0.3, 0.4) is 0 Å². The predicted molar refractivity (Wildman–Crippen MR) is 254 cm³/mol. The van der Waals surface area contributed by atoms with Crippen LogP contribution < -0.4 is 37.6 Å². The fourth-order valence-electron chi connectivity index (χ4n) is 9.57. The summed E-state index contributed by atoms with van der Waals surface area (Å²) in [6, 6.07) is 9.16. The number of nitrogens with two attached hydrogens (primary N) is 1. The molecule has 6 rings (SSSR count). The highest BCUT2D eigenvalue weighted by Crippen LogP contribution is 2.29. The van der Waals surface area contributed by atoms with E-state index < -0.39 is 96.4 Å². The molecule has 13 N–H and O–H groups in total. The third-order valence-electron chi connectivity index (χ3n) is 13.3. The Morgan fingerprint density at radius 3 is 2.28 bits per heavy atom. The van der Waals surface area contributed by atoms with E-state index in [1.165, 1.54) is 16.8 Å². The van der Waals surface area contributed by atoms with Gasteiger partial charge in [0.05, 0.1) is 24.8 Å². The number of likely N-dealkylation sites (N-methyl/N-ethyl adjacent to an activating group) is 1. The summed E-state index contributed by atoms with van der Waals surface area (Å²) in [5, 5.41) is 56.2. The molecule has 7 atom stereocenters. The number of rotatable bonds is 15. The highest BCUT2D eigenvalue weighted by atomic mass is 16.4. The van der Waals surface area contributed by atoms with Crippen LogP contribution in [0.1, 0.15) is 75.3 Å². The van der Waals surface area contributed by atoms with E-state index in [-0.39, 0.29) is 76.5 Å². The van der Waals surface area contributed by atoms with Crippen molar-refractivity contribution in [2.45, 2.75) is 126 Å². The van der Waals surface area contributed by atoms with Gasteiger partial charge in [-0.25, -0.2) is 0 Å². The van der Waals surface area contributed by atoms with E-state index in [0.29, 0.717) is 37.7 Å². The zero-order valence-electron chi connectivity index (χ0n) is 39.0. The topological polar surface area (TPSA) is 324 Å². The second-order valence-electron chi connectivity index (χ2n) is 18.5. The number of fused-ring (bicyclic) bond motifs is 2. The number of aliphatic hydroxyl groups excluding tert-OH is 2. The minimum absolute atomic E-state index is 0.000611. The number of nitrogens with one attached hydrogen (secondary N) is 8. The molecular formula is C48H67N11O10. The van der Waals surface area contributed by atoms with Crippen LogP contribution in [0, 0.1) is 11.3 Å². The largest absolute Gasteiger partial charge is 0.480 e. The fraction of sp³-hybridized carbons (Fsp3) is 0.542. The molecule has 2 saturated heterocycles. The van der Waals surface area contributed by atoms with E-state index in [4.69, 9.17) is 11.1 Å². The molecule has 3 fully saturated rings. The summed E-state index contributed by atoms with van der Waals surface area (Å²) in [6.07, 6.45) is 2.74. The minimum Gasteiger partial charge on any atom is -0.480 e. The SMILES string of the molecule is CN(CC(=O)O)[C@@H](Cc1ccccc1)C(=O)N[C@H]1CCCNC(=O)[C@H](CCCNC(=N)N)NC(=O)[C@H](Cc2c[nH]c3ccccc23)NC(=O)[C@@H](C[C@H]2CC[C@@H](O)CC2)NC(=O)[C@@H]2C[C@@H](O)CN2C1=O. The second-order valence-corrected chi connectivity index (χ2v) is 18.5. The number of carboxylic acid groups (broad SMARTS) is 1. The number of guanidine groups is 1. The lowest BCUT2D eigenvalue weighted by Crippen LogP contribution is -2.60. The summed E-state index contributed by atoms with van der Waals surface area (Å²) in [6.45, 7) is -0.563. The Balaban J connectivity index is 1.34. The van der Waals surface area contributed by atoms with Gasteiger partial charge >= 0.3 is 5.97 Å². The Hall–Kier alpha value is -6.58. The van der Waals surface area contributed by atoms with Gasteiger partial charge in [0.1, 0.15) is 30.2 Å². The van der Waals surface area contributed by atoms with Crippen LogP contribution in [-0.4, -0.2) is 159 Å². The highest BCUT2D eigenvalue weighted by Gasteiger charge is 2.44. The van der Waals surface area contributed by atoms with Gasteiger partial charge in [-0.15, -0.1) is 0 Å².